The number of hydrogen-bond acceptors (Lipinski definition) is 10. The molecule has 0 saturated heterocycles. The van der Waals surface area contributed by atoms with E-state index in [2.05, 4.69) is 53.1 Å². The largest absolute Gasteiger partial charge is 0.534 e. The van der Waals surface area contributed by atoms with Gasteiger partial charge >= 0.3 is 33.8 Å². The Morgan fingerprint density at radius 2 is 1.27 bits per heavy atom. The maximum absolute atomic E-state index is 12.0. The highest BCUT2D eigenvalue weighted by Crippen LogP contribution is 2.25. The molecule has 0 atom stereocenters. The number of aliphatic carboxylic acids is 1. The summed E-state index contributed by atoms with van der Waals surface area (Å²) in [6.45, 7) is 12.0. The van der Waals surface area contributed by atoms with E-state index in [-0.39, 0.29) is 7.43 Å². The molecule has 0 aliphatic carbocycles. The molecular formula is C26H36F6N6O5S. The van der Waals surface area contributed by atoms with Crippen molar-refractivity contribution in [1.29, 1.82) is 0 Å². The molecule has 0 saturated carbocycles. The number of aryl methyl sites for hydroxylation is 4. The van der Waals surface area contributed by atoms with Crippen molar-refractivity contribution >= 4 is 22.0 Å². The summed E-state index contributed by atoms with van der Waals surface area (Å²) in [6.07, 6.45) is -3.43. The molecule has 2 aromatic rings. The quantitative estimate of drug-likeness (QED) is 0.127. The molecule has 0 aliphatic heterocycles. The summed E-state index contributed by atoms with van der Waals surface area (Å²) >= 11 is 0. The second kappa shape index (κ2) is 21.5. The second-order valence-electron chi connectivity index (χ2n) is 7.76. The SMILES string of the molecule is C.CC#CCCN.CC#CCCNc1nc(C)cc(C)n1.Cc1cc(C)nc(OS(=O)(=O)C(F)(F)F)n1.O=C(O)C(F)(F)F. The fourth-order valence-electron chi connectivity index (χ4n) is 2.24. The van der Waals surface area contributed by atoms with E-state index in [0.29, 0.717) is 23.9 Å². The third kappa shape index (κ3) is 21.5. The minimum atomic E-state index is -5.71. The summed E-state index contributed by atoms with van der Waals surface area (Å²) in [7, 11) is -5.71. The molecule has 11 nitrogen and oxygen atoms in total. The van der Waals surface area contributed by atoms with Gasteiger partial charge in [-0.25, -0.2) is 14.8 Å². The molecule has 0 aliphatic rings. The van der Waals surface area contributed by atoms with E-state index < -0.39 is 33.8 Å². The van der Waals surface area contributed by atoms with Crippen LogP contribution < -0.4 is 15.2 Å². The van der Waals surface area contributed by atoms with Crippen LogP contribution in [0.5, 0.6) is 6.01 Å². The van der Waals surface area contributed by atoms with Gasteiger partial charge < -0.3 is 20.3 Å². The molecule has 2 aromatic heterocycles. The zero-order chi connectivity index (χ0) is 33.9. The number of nitrogens with zero attached hydrogens (tertiary/aromatic N) is 4. The Morgan fingerprint density at radius 3 is 1.59 bits per heavy atom. The number of hydrogen-bond donors (Lipinski definition) is 3. The molecular weight excluding hydrogens is 622 g/mol. The van der Waals surface area contributed by atoms with Crippen LogP contribution in [-0.4, -0.2) is 64.2 Å². The normalized spacial score (nSPS) is 10.1. The summed E-state index contributed by atoms with van der Waals surface area (Å²) < 4.78 is 92.6. The first-order chi connectivity index (χ1) is 19.7. The van der Waals surface area contributed by atoms with Crippen LogP contribution in [-0.2, 0) is 14.9 Å². The van der Waals surface area contributed by atoms with Gasteiger partial charge in [0.2, 0.25) is 5.95 Å². The van der Waals surface area contributed by atoms with Gasteiger partial charge in [-0.3, -0.25) is 0 Å². The maximum atomic E-state index is 12.0. The fraction of sp³-hybridized carbons (Fsp3) is 0.500. The average Bonchev–Trinajstić information content (AvgIpc) is 2.84. The Hall–Kier alpha value is -4.16. The van der Waals surface area contributed by atoms with Crippen LogP contribution >= 0.6 is 0 Å². The van der Waals surface area contributed by atoms with Gasteiger partial charge in [-0.2, -0.15) is 44.7 Å². The van der Waals surface area contributed by atoms with Crippen LogP contribution in [0.25, 0.3) is 0 Å². The van der Waals surface area contributed by atoms with E-state index in [1.165, 1.54) is 19.9 Å². The van der Waals surface area contributed by atoms with E-state index in [4.69, 9.17) is 15.6 Å². The molecule has 2 heterocycles. The number of nitrogens with two attached hydrogens (primary N) is 1. The predicted molar refractivity (Wildman–Crippen MR) is 153 cm³/mol. The molecule has 44 heavy (non-hydrogen) atoms. The molecule has 0 spiro atoms. The Morgan fingerprint density at radius 1 is 0.886 bits per heavy atom. The number of carbonyl (C=O) groups is 1. The van der Waals surface area contributed by atoms with E-state index in [1.54, 1.807) is 0 Å². The number of carboxylic acid groups (broad SMARTS) is 1. The molecule has 248 valence electrons. The summed E-state index contributed by atoms with van der Waals surface area (Å²) in [5.74, 6) is 9.32. The van der Waals surface area contributed by atoms with Gasteiger partial charge in [0.15, 0.2) is 0 Å². The third-order valence-electron chi connectivity index (χ3n) is 3.81. The summed E-state index contributed by atoms with van der Waals surface area (Å²) in [5, 5.41) is 10.3. The Balaban J connectivity index is -0.000000546. The van der Waals surface area contributed by atoms with Gasteiger partial charge in [0.25, 0.3) is 0 Å². The van der Waals surface area contributed by atoms with Gasteiger partial charge in [0.05, 0.1) is 0 Å². The maximum Gasteiger partial charge on any atom is 0.534 e. The highest BCUT2D eigenvalue weighted by atomic mass is 32.2. The zero-order valence-electron chi connectivity index (χ0n) is 24.1. The van der Waals surface area contributed by atoms with Crippen LogP contribution in [0.2, 0.25) is 0 Å². The number of alkyl halides is 6. The van der Waals surface area contributed by atoms with E-state index in [9.17, 15) is 34.8 Å². The highest BCUT2D eigenvalue weighted by Gasteiger charge is 2.49. The Bertz CT molecular complexity index is 1360. The lowest BCUT2D eigenvalue weighted by Gasteiger charge is -2.08. The van der Waals surface area contributed by atoms with Crippen molar-refractivity contribution in [3.8, 4) is 29.7 Å². The lowest BCUT2D eigenvalue weighted by Crippen LogP contribution is -2.28. The molecule has 0 amide bonds. The van der Waals surface area contributed by atoms with Crippen LogP contribution in [0.15, 0.2) is 12.1 Å². The van der Waals surface area contributed by atoms with Crippen molar-refractivity contribution in [3.05, 3.63) is 34.9 Å². The first-order valence-corrected chi connectivity index (χ1v) is 13.3. The minimum absolute atomic E-state index is 0. The molecule has 0 radical (unpaired) electrons. The topological polar surface area (TPSA) is 170 Å². The number of halogens is 6. The Labute approximate surface area is 253 Å². The van der Waals surface area contributed by atoms with Gasteiger partial charge in [-0.1, -0.05) is 7.43 Å². The van der Waals surface area contributed by atoms with Crippen molar-refractivity contribution in [1.82, 2.24) is 19.9 Å². The standard InChI is InChI=1S/C11H15N3.C7H7F3N2O3S.C5H9N.C2HF3O2.CH4/c1-4-5-6-7-12-11-13-9(2)8-10(3)14-11;1-4-3-5(2)12-6(11-4)15-16(13,14)7(8,9)10;1-2-3-4-5-6;3-2(4,5)1(6)7;/h8H,6-7H2,1-3H3,(H,12,13,14);3H,1-2H3;4-6H2,1H3;(H,6,7);1H4. The number of anilines is 1. The molecule has 0 bridgehead atoms. The van der Waals surface area contributed by atoms with Crippen LogP contribution in [0.3, 0.4) is 0 Å². The van der Waals surface area contributed by atoms with Gasteiger partial charge in [-0.05, 0) is 53.7 Å². The smallest absolute Gasteiger partial charge is 0.475 e. The molecule has 0 aromatic carbocycles. The van der Waals surface area contributed by atoms with Gasteiger partial charge in [-0.15, -0.1) is 23.7 Å². The number of rotatable bonds is 6. The third-order valence-corrected chi connectivity index (χ3v) is 4.75. The predicted octanol–water partition coefficient (Wildman–Crippen LogP) is 4.87. The van der Waals surface area contributed by atoms with Crippen LogP contribution in [0.1, 0.15) is 56.9 Å². The van der Waals surface area contributed by atoms with E-state index in [1.807, 2.05) is 33.8 Å². The number of carboxylic acids is 1. The summed E-state index contributed by atoms with van der Waals surface area (Å²) in [5.41, 5.74) is 2.21. The summed E-state index contributed by atoms with van der Waals surface area (Å²) in [6, 6.07) is 2.58. The van der Waals surface area contributed by atoms with Crippen molar-refractivity contribution in [3.63, 3.8) is 0 Å². The first-order valence-electron chi connectivity index (χ1n) is 11.9. The number of nitrogens with one attached hydrogen (secondary N) is 1. The molecule has 0 unspecified atom stereocenters. The minimum Gasteiger partial charge on any atom is -0.475 e. The van der Waals surface area contributed by atoms with Crippen molar-refractivity contribution < 1.29 is 48.8 Å². The molecule has 0 fully saturated rings. The summed E-state index contributed by atoms with van der Waals surface area (Å²) in [4.78, 5) is 24.3. The molecule has 18 heteroatoms. The van der Waals surface area contributed by atoms with Crippen molar-refractivity contribution in [2.24, 2.45) is 5.73 Å². The van der Waals surface area contributed by atoms with E-state index in [0.717, 1.165) is 30.8 Å². The van der Waals surface area contributed by atoms with Crippen LogP contribution in [0.4, 0.5) is 32.3 Å². The lowest BCUT2D eigenvalue weighted by atomic mass is 10.3. The first kappa shape index (κ1) is 44.3. The number of aromatic nitrogens is 4. The average molecular weight is 659 g/mol. The van der Waals surface area contributed by atoms with Crippen molar-refractivity contribution in [2.75, 3.05) is 18.4 Å². The van der Waals surface area contributed by atoms with Gasteiger partial charge in [0.1, 0.15) is 0 Å². The fourth-order valence-corrected chi connectivity index (χ4v) is 2.61. The van der Waals surface area contributed by atoms with Crippen molar-refractivity contribution in [2.45, 2.75) is 73.5 Å². The molecule has 4 N–H and O–H groups in total. The van der Waals surface area contributed by atoms with Crippen LogP contribution in [0, 0.1) is 51.4 Å². The lowest BCUT2D eigenvalue weighted by molar-refractivity contribution is -0.192. The zero-order valence-corrected chi connectivity index (χ0v) is 24.9. The molecule has 2 rings (SSSR count). The Kier molecular flexibility index (Phi) is 21.7. The highest BCUT2D eigenvalue weighted by molar-refractivity contribution is 7.87. The van der Waals surface area contributed by atoms with Gasteiger partial charge in [0, 0.05) is 48.7 Å². The van der Waals surface area contributed by atoms with E-state index >= 15 is 0 Å². The monoisotopic (exact) mass is 658 g/mol. The second-order valence-corrected chi connectivity index (χ2v) is 9.30.